The van der Waals surface area contributed by atoms with Crippen LogP contribution in [0.2, 0.25) is 5.02 Å². The molecule has 170 valence electrons. The highest BCUT2D eigenvalue weighted by Crippen LogP contribution is 2.37. The van der Waals surface area contributed by atoms with Crippen LogP contribution in [-0.2, 0) is 9.84 Å². The van der Waals surface area contributed by atoms with Crippen molar-refractivity contribution >= 4 is 27.3 Å². The fourth-order valence-electron chi connectivity index (χ4n) is 3.24. The van der Waals surface area contributed by atoms with Crippen LogP contribution in [0.3, 0.4) is 0 Å². The molecule has 10 heteroatoms. The average molecular weight is 478 g/mol. The van der Waals surface area contributed by atoms with Crippen molar-refractivity contribution in [2.45, 2.75) is 16.3 Å². The monoisotopic (exact) mass is 477 g/mol. The summed E-state index contributed by atoms with van der Waals surface area (Å²) in [5.41, 5.74) is 0.581. The summed E-state index contributed by atoms with van der Waals surface area (Å²) in [4.78, 5) is 6.43. The van der Waals surface area contributed by atoms with Crippen molar-refractivity contribution in [3.63, 3.8) is 0 Å². The number of halogens is 1. The number of nitrogens with one attached hydrogen (secondary N) is 1. The Kier molecular flexibility index (Phi) is 6.59. The van der Waals surface area contributed by atoms with Gasteiger partial charge >= 0.3 is 0 Å². The van der Waals surface area contributed by atoms with Gasteiger partial charge in [0.1, 0.15) is 13.2 Å². The van der Waals surface area contributed by atoms with Gasteiger partial charge in [-0.3, -0.25) is 0 Å². The van der Waals surface area contributed by atoms with E-state index in [1.165, 1.54) is 12.1 Å². The van der Waals surface area contributed by atoms with Gasteiger partial charge in [0.2, 0.25) is 26.6 Å². The van der Waals surface area contributed by atoms with Gasteiger partial charge in [0.25, 0.3) is 0 Å². The highest BCUT2D eigenvalue weighted by atomic mass is 35.5. The minimum atomic E-state index is -4.00. The predicted octanol–water partition coefficient (Wildman–Crippen LogP) is 3.96. The summed E-state index contributed by atoms with van der Waals surface area (Å²) in [6, 6.07) is 11.4. The molecule has 1 aliphatic heterocycles. The number of hydrogen-bond acceptors (Lipinski definition) is 8. The summed E-state index contributed by atoms with van der Waals surface area (Å²) < 4.78 is 43.9. The van der Waals surface area contributed by atoms with Crippen molar-refractivity contribution in [3.05, 3.63) is 47.5 Å². The van der Waals surface area contributed by atoms with E-state index in [4.69, 9.17) is 25.5 Å². The summed E-state index contributed by atoms with van der Waals surface area (Å²) >= 11 is 6.09. The molecule has 0 aliphatic carbocycles. The molecule has 0 amide bonds. The first-order valence-electron chi connectivity index (χ1n) is 10.1. The molecular weight excluding hydrogens is 454 g/mol. The van der Waals surface area contributed by atoms with E-state index in [1.807, 2.05) is 19.0 Å². The molecule has 0 spiro atoms. The van der Waals surface area contributed by atoms with Crippen molar-refractivity contribution in [1.29, 1.82) is 0 Å². The lowest BCUT2D eigenvalue weighted by atomic mass is 10.2. The number of hydrogen-bond donors (Lipinski definition) is 1. The van der Waals surface area contributed by atoms with E-state index in [2.05, 4.69) is 10.3 Å². The molecule has 0 atom stereocenters. The number of anilines is 1. The number of nitrogens with zero attached hydrogens (tertiary/aromatic N) is 2. The quantitative estimate of drug-likeness (QED) is 0.487. The molecule has 4 rings (SSSR count). The van der Waals surface area contributed by atoms with Crippen molar-refractivity contribution in [1.82, 2.24) is 9.88 Å². The summed E-state index contributed by atoms with van der Waals surface area (Å²) in [5, 5.41) is 3.40. The normalized spacial score (nSPS) is 13.4. The van der Waals surface area contributed by atoms with E-state index in [1.54, 1.807) is 30.3 Å². The SMILES string of the molecule is CN(C)CCCNc1oc(-c2cccc(Cl)c2)nc1S(=O)(=O)c1ccc2c(c1)OCCO2. The minimum absolute atomic E-state index is 0.0454. The molecule has 1 aliphatic rings. The summed E-state index contributed by atoms with van der Waals surface area (Å²) in [6.07, 6.45) is 0.795. The molecule has 0 radical (unpaired) electrons. The van der Waals surface area contributed by atoms with Gasteiger partial charge in [0.05, 0.1) is 4.90 Å². The van der Waals surface area contributed by atoms with E-state index in [-0.39, 0.29) is 21.7 Å². The Morgan fingerprint density at radius 1 is 1.09 bits per heavy atom. The first kappa shape index (κ1) is 22.4. The Morgan fingerprint density at radius 3 is 2.62 bits per heavy atom. The third kappa shape index (κ3) is 4.85. The molecule has 0 saturated heterocycles. The standard InChI is InChI=1S/C22H24ClN3O5S/c1-26(2)10-4-9-24-21-22(25-20(31-21)15-5-3-6-16(23)13-15)32(27,28)17-7-8-18-19(14-17)30-12-11-29-18/h3,5-8,13-14,24H,4,9-12H2,1-2H3. The number of oxazole rings is 1. The van der Waals surface area contributed by atoms with Gasteiger partial charge in [-0.2, -0.15) is 4.98 Å². The number of ether oxygens (including phenoxy) is 2. The highest BCUT2D eigenvalue weighted by Gasteiger charge is 2.30. The van der Waals surface area contributed by atoms with Crippen molar-refractivity contribution in [2.24, 2.45) is 0 Å². The fourth-order valence-corrected chi connectivity index (χ4v) is 4.73. The maximum Gasteiger partial charge on any atom is 0.233 e. The van der Waals surface area contributed by atoms with E-state index in [0.29, 0.717) is 41.8 Å². The Bertz CT molecular complexity index is 1210. The highest BCUT2D eigenvalue weighted by molar-refractivity contribution is 7.91. The van der Waals surface area contributed by atoms with Crippen LogP contribution in [0.25, 0.3) is 11.5 Å². The van der Waals surface area contributed by atoms with Crippen LogP contribution in [0.15, 0.2) is 56.8 Å². The molecule has 0 bridgehead atoms. The topological polar surface area (TPSA) is 93.9 Å². The maximum atomic E-state index is 13.5. The van der Waals surface area contributed by atoms with Crippen molar-refractivity contribution in [2.75, 3.05) is 45.7 Å². The van der Waals surface area contributed by atoms with Crippen LogP contribution in [0.1, 0.15) is 6.42 Å². The van der Waals surface area contributed by atoms with Gasteiger partial charge in [-0.1, -0.05) is 17.7 Å². The molecule has 1 aromatic heterocycles. The Balaban J connectivity index is 1.71. The summed E-state index contributed by atoms with van der Waals surface area (Å²) in [6.45, 7) is 2.14. The van der Waals surface area contributed by atoms with Gasteiger partial charge in [-0.25, -0.2) is 8.42 Å². The van der Waals surface area contributed by atoms with Crippen molar-refractivity contribution < 1.29 is 22.3 Å². The molecule has 2 heterocycles. The number of aromatic nitrogens is 1. The molecule has 2 aromatic carbocycles. The molecule has 3 aromatic rings. The number of sulfone groups is 1. The lowest BCUT2D eigenvalue weighted by molar-refractivity contribution is 0.171. The molecule has 32 heavy (non-hydrogen) atoms. The molecule has 0 unspecified atom stereocenters. The summed E-state index contributed by atoms with van der Waals surface area (Å²) in [5.74, 6) is 1.15. The molecule has 8 nitrogen and oxygen atoms in total. The number of benzene rings is 2. The van der Waals surface area contributed by atoms with Crippen LogP contribution >= 0.6 is 11.6 Å². The maximum absolute atomic E-state index is 13.5. The Morgan fingerprint density at radius 2 is 1.88 bits per heavy atom. The van der Waals surface area contributed by atoms with Gasteiger partial charge in [0.15, 0.2) is 11.5 Å². The van der Waals surface area contributed by atoms with Crippen LogP contribution < -0.4 is 14.8 Å². The van der Waals surface area contributed by atoms with E-state index >= 15 is 0 Å². The lowest BCUT2D eigenvalue weighted by Crippen LogP contribution is -2.17. The third-order valence-corrected chi connectivity index (χ3v) is 6.71. The number of rotatable bonds is 8. The van der Waals surface area contributed by atoms with Gasteiger partial charge in [-0.15, -0.1) is 0 Å². The third-order valence-electron chi connectivity index (χ3n) is 4.81. The zero-order valence-electron chi connectivity index (χ0n) is 17.8. The summed E-state index contributed by atoms with van der Waals surface area (Å²) in [7, 11) is -0.0489. The largest absolute Gasteiger partial charge is 0.486 e. The molecule has 0 saturated carbocycles. The van der Waals surface area contributed by atoms with Gasteiger partial charge in [0, 0.05) is 23.2 Å². The Hall–Kier alpha value is -2.75. The second-order valence-electron chi connectivity index (χ2n) is 7.56. The van der Waals surface area contributed by atoms with Crippen LogP contribution in [0.5, 0.6) is 11.5 Å². The van der Waals surface area contributed by atoms with Gasteiger partial charge < -0.3 is 24.1 Å². The molecule has 1 N–H and O–H groups in total. The predicted molar refractivity (Wildman–Crippen MR) is 121 cm³/mol. The smallest absolute Gasteiger partial charge is 0.233 e. The van der Waals surface area contributed by atoms with Crippen LogP contribution in [-0.4, -0.2) is 58.7 Å². The number of fused-ring (bicyclic) bond motifs is 1. The molecule has 0 fully saturated rings. The van der Waals surface area contributed by atoms with E-state index in [0.717, 1.165) is 13.0 Å². The van der Waals surface area contributed by atoms with E-state index < -0.39 is 9.84 Å². The van der Waals surface area contributed by atoms with Crippen LogP contribution in [0, 0.1) is 0 Å². The first-order valence-corrected chi connectivity index (χ1v) is 12.0. The van der Waals surface area contributed by atoms with Gasteiger partial charge in [-0.05, 0) is 57.4 Å². The zero-order valence-corrected chi connectivity index (χ0v) is 19.4. The molecular formula is C22H24ClN3O5S. The first-order chi connectivity index (χ1) is 15.3. The fraction of sp³-hybridized carbons (Fsp3) is 0.318. The Labute approximate surface area is 192 Å². The van der Waals surface area contributed by atoms with Crippen molar-refractivity contribution in [3.8, 4) is 23.0 Å². The zero-order chi connectivity index (χ0) is 22.7. The minimum Gasteiger partial charge on any atom is -0.486 e. The van der Waals surface area contributed by atoms with E-state index in [9.17, 15) is 8.42 Å². The average Bonchev–Trinajstić information content (AvgIpc) is 3.21. The lowest BCUT2D eigenvalue weighted by Gasteiger charge is -2.18. The second kappa shape index (κ2) is 9.40. The van der Waals surface area contributed by atoms with Crippen LogP contribution in [0.4, 0.5) is 5.88 Å². The second-order valence-corrected chi connectivity index (χ2v) is 9.86.